The predicted molar refractivity (Wildman–Crippen MR) is 175 cm³/mol. The first-order valence-corrected chi connectivity index (χ1v) is 16.6. The molecule has 2 aromatic carbocycles. The summed E-state index contributed by atoms with van der Waals surface area (Å²) in [7, 11) is 0. The molecule has 1 fully saturated rings. The lowest BCUT2D eigenvalue weighted by atomic mass is 9.64. The Kier molecular flexibility index (Phi) is 8.56. The molecule has 6 heteroatoms. The van der Waals surface area contributed by atoms with Gasteiger partial charge in [-0.2, -0.15) is 0 Å². The molecule has 212 valence electrons. The zero-order valence-electron chi connectivity index (χ0n) is 23.8. The number of phenols is 1. The zero-order valence-corrected chi connectivity index (χ0v) is 26.0. The molecular weight excluding hydrogens is 619 g/mol. The van der Waals surface area contributed by atoms with Gasteiger partial charge in [0.2, 0.25) is 0 Å². The molecule has 0 aliphatic heterocycles. The number of rotatable bonds is 10. The number of benzene rings is 2. The van der Waals surface area contributed by atoms with Gasteiger partial charge in [-0.3, -0.25) is 0 Å². The molecule has 4 aromatic rings. The highest BCUT2D eigenvalue weighted by Crippen LogP contribution is 2.48. The van der Waals surface area contributed by atoms with Crippen LogP contribution in [0.15, 0.2) is 85.0 Å². The summed E-state index contributed by atoms with van der Waals surface area (Å²) in [6.07, 6.45) is 20.7. The number of phenolic OH excluding ortho intramolecular Hbond substituents is 1. The Balaban J connectivity index is 1.29. The van der Waals surface area contributed by atoms with Gasteiger partial charge in [-0.05, 0) is 104 Å². The maximum absolute atomic E-state index is 10.2. The molecule has 2 aromatic heterocycles. The van der Waals surface area contributed by atoms with Gasteiger partial charge in [-0.15, -0.1) is 0 Å². The third-order valence-electron chi connectivity index (χ3n) is 9.21. The molecule has 1 N–H and O–H groups in total. The Hall–Kier alpha value is -3.00. The summed E-state index contributed by atoms with van der Waals surface area (Å²) in [6, 6.07) is 17.5. The molecule has 0 amide bonds. The second kappa shape index (κ2) is 12.5. The first-order valence-electron chi connectivity index (χ1n) is 15.0. The number of allylic oxidation sites excluding steroid dienone is 4. The standard InChI is InChI=1S/C35H39IN4O/c1-25-9-12-28(13-10-25)35(27-6-3-2-4-7-27,29-14-17-31(41)18-15-29)20-19-26-11-16-30(22-26)40-24-39-33-32(8-5-21-36)37-23-38-34(33)40/h3,6-7,9-10,12-15,17-18,23-24,26,30,41H,2,4-5,8,11,16,19-22H2,1H3. The molecule has 5 nitrogen and oxygen atoms in total. The fourth-order valence-electron chi connectivity index (χ4n) is 7.02. The molecule has 2 aliphatic rings. The lowest BCUT2D eigenvalue weighted by molar-refractivity contribution is 0.406. The molecule has 3 unspecified atom stereocenters. The van der Waals surface area contributed by atoms with Crippen LogP contribution in [0.5, 0.6) is 5.75 Å². The molecule has 3 atom stereocenters. The number of fused-ring (bicyclic) bond motifs is 1. The number of imidazole rings is 1. The van der Waals surface area contributed by atoms with Crippen LogP contribution in [0.3, 0.4) is 0 Å². The van der Waals surface area contributed by atoms with E-state index in [1.54, 1.807) is 6.33 Å². The molecule has 0 radical (unpaired) electrons. The Morgan fingerprint density at radius 2 is 1.76 bits per heavy atom. The summed E-state index contributed by atoms with van der Waals surface area (Å²) >= 11 is 2.43. The van der Waals surface area contributed by atoms with Crippen molar-refractivity contribution in [2.24, 2.45) is 5.92 Å². The lowest BCUT2D eigenvalue weighted by Gasteiger charge is -2.39. The second-order valence-corrected chi connectivity index (χ2v) is 12.8. The average molecular weight is 659 g/mol. The van der Waals surface area contributed by atoms with E-state index in [9.17, 15) is 5.11 Å². The van der Waals surface area contributed by atoms with Crippen molar-refractivity contribution in [2.75, 3.05) is 4.43 Å². The summed E-state index contributed by atoms with van der Waals surface area (Å²) in [5, 5.41) is 10.2. The summed E-state index contributed by atoms with van der Waals surface area (Å²) in [5.74, 6) is 0.945. The van der Waals surface area contributed by atoms with Crippen molar-refractivity contribution in [3.63, 3.8) is 0 Å². The van der Waals surface area contributed by atoms with E-state index in [-0.39, 0.29) is 5.41 Å². The van der Waals surface area contributed by atoms with Crippen LogP contribution in [0.2, 0.25) is 0 Å². The monoisotopic (exact) mass is 658 g/mol. The van der Waals surface area contributed by atoms with Crippen molar-refractivity contribution in [3.05, 3.63) is 107 Å². The Labute approximate surface area is 257 Å². The molecule has 2 heterocycles. The van der Waals surface area contributed by atoms with Crippen molar-refractivity contribution in [3.8, 4) is 5.75 Å². The minimum Gasteiger partial charge on any atom is -0.508 e. The summed E-state index contributed by atoms with van der Waals surface area (Å²) < 4.78 is 3.44. The van der Waals surface area contributed by atoms with Crippen LogP contribution in [0.25, 0.3) is 11.2 Å². The van der Waals surface area contributed by atoms with E-state index in [2.05, 4.69) is 98.7 Å². The third-order valence-corrected chi connectivity index (χ3v) is 9.97. The predicted octanol–water partition coefficient (Wildman–Crippen LogP) is 8.59. The zero-order chi connectivity index (χ0) is 28.2. The highest BCUT2D eigenvalue weighted by molar-refractivity contribution is 14.1. The van der Waals surface area contributed by atoms with Gasteiger partial charge < -0.3 is 9.67 Å². The van der Waals surface area contributed by atoms with E-state index in [4.69, 9.17) is 4.98 Å². The second-order valence-electron chi connectivity index (χ2n) is 11.8. The SMILES string of the molecule is Cc1ccc(C(CCC2CCC(n3cnc4c(CCCI)ncnc43)C2)(C2=CCCC=C2)c2ccc(O)cc2)cc1. The van der Waals surface area contributed by atoms with Gasteiger partial charge in [0, 0.05) is 11.5 Å². The fraction of sp³-hybridized carbons (Fsp3) is 0.400. The maximum Gasteiger partial charge on any atom is 0.163 e. The molecule has 1 saturated carbocycles. The first kappa shape index (κ1) is 28.1. The Bertz CT molecular complexity index is 1490. The summed E-state index contributed by atoms with van der Waals surface area (Å²) in [5.41, 5.74) is 8.02. The highest BCUT2D eigenvalue weighted by atomic mass is 127. The maximum atomic E-state index is 10.2. The fourth-order valence-corrected chi connectivity index (χ4v) is 7.40. The lowest BCUT2D eigenvalue weighted by Crippen LogP contribution is -2.31. The number of hydrogen-bond donors (Lipinski definition) is 1. The van der Waals surface area contributed by atoms with E-state index in [1.165, 1.54) is 28.7 Å². The largest absolute Gasteiger partial charge is 0.508 e. The van der Waals surface area contributed by atoms with E-state index >= 15 is 0 Å². The van der Waals surface area contributed by atoms with Gasteiger partial charge in [0.1, 0.15) is 17.6 Å². The Morgan fingerprint density at radius 1 is 0.976 bits per heavy atom. The summed E-state index contributed by atoms with van der Waals surface area (Å²) in [6.45, 7) is 2.15. The topological polar surface area (TPSA) is 63.8 Å². The number of aryl methyl sites for hydroxylation is 2. The van der Waals surface area contributed by atoms with Crippen LogP contribution in [-0.2, 0) is 11.8 Å². The van der Waals surface area contributed by atoms with Crippen molar-refractivity contribution in [1.29, 1.82) is 0 Å². The van der Waals surface area contributed by atoms with E-state index in [1.807, 2.05) is 18.5 Å². The molecule has 41 heavy (non-hydrogen) atoms. The number of aromatic nitrogens is 4. The molecule has 0 saturated heterocycles. The average Bonchev–Trinajstić information content (AvgIpc) is 3.66. The van der Waals surface area contributed by atoms with E-state index < -0.39 is 0 Å². The molecule has 2 aliphatic carbocycles. The molecule has 0 spiro atoms. The van der Waals surface area contributed by atoms with Gasteiger partial charge in [-0.1, -0.05) is 82.8 Å². The first-order chi connectivity index (χ1) is 20.1. The van der Waals surface area contributed by atoms with Gasteiger partial charge in [-0.25, -0.2) is 15.0 Å². The number of halogens is 1. The van der Waals surface area contributed by atoms with Crippen molar-refractivity contribution in [2.45, 2.75) is 76.2 Å². The van der Waals surface area contributed by atoms with Crippen molar-refractivity contribution < 1.29 is 5.11 Å². The van der Waals surface area contributed by atoms with Crippen LogP contribution in [-0.4, -0.2) is 29.1 Å². The highest BCUT2D eigenvalue weighted by Gasteiger charge is 2.39. The van der Waals surface area contributed by atoms with Gasteiger partial charge in [0.25, 0.3) is 0 Å². The quantitative estimate of drug-likeness (QED) is 0.137. The van der Waals surface area contributed by atoms with Crippen LogP contribution in [0.1, 0.15) is 79.8 Å². The minimum atomic E-state index is -0.251. The van der Waals surface area contributed by atoms with E-state index in [0.29, 0.717) is 17.7 Å². The van der Waals surface area contributed by atoms with Gasteiger partial charge >= 0.3 is 0 Å². The van der Waals surface area contributed by atoms with Crippen molar-refractivity contribution in [1.82, 2.24) is 19.5 Å². The van der Waals surface area contributed by atoms with Crippen LogP contribution < -0.4 is 0 Å². The van der Waals surface area contributed by atoms with Crippen LogP contribution >= 0.6 is 22.6 Å². The number of nitrogens with zero attached hydrogens (tertiary/aromatic N) is 4. The van der Waals surface area contributed by atoms with Crippen LogP contribution in [0, 0.1) is 12.8 Å². The smallest absolute Gasteiger partial charge is 0.163 e. The number of aromatic hydroxyl groups is 1. The third kappa shape index (κ3) is 5.72. The molecule has 6 rings (SSSR count). The number of alkyl halides is 1. The normalized spacial score (nSPS) is 20.3. The van der Waals surface area contributed by atoms with Gasteiger partial charge in [0.05, 0.1) is 12.0 Å². The minimum absolute atomic E-state index is 0.251. The Morgan fingerprint density at radius 3 is 2.49 bits per heavy atom. The van der Waals surface area contributed by atoms with Gasteiger partial charge in [0.15, 0.2) is 5.65 Å². The van der Waals surface area contributed by atoms with E-state index in [0.717, 1.165) is 72.7 Å². The molecule has 0 bridgehead atoms. The van der Waals surface area contributed by atoms with Crippen molar-refractivity contribution >= 4 is 33.8 Å². The van der Waals surface area contributed by atoms with Crippen LogP contribution in [0.4, 0.5) is 0 Å². The molecular formula is C35H39IN4O. The summed E-state index contributed by atoms with van der Waals surface area (Å²) in [4.78, 5) is 14.0. The number of hydrogen-bond acceptors (Lipinski definition) is 4.